The predicted octanol–water partition coefficient (Wildman–Crippen LogP) is 0.681. The van der Waals surface area contributed by atoms with Crippen LogP contribution in [0.1, 0.15) is 58.9 Å². The molecule has 0 heterocycles. The molecule has 0 bridgehead atoms. The number of aliphatic carboxylic acids is 1. The van der Waals surface area contributed by atoms with Crippen LogP contribution in [0.15, 0.2) is 30.3 Å². The Labute approximate surface area is 207 Å². The molecule has 0 fully saturated rings. The highest BCUT2D eigenvalue weighted by Gasteiger charge is 2.32. The zero-order valence-corrected chi connectivity index (χ0v) is 21.2. The Kier molecular flexibility index (Phi) is 12.4. The normalized spacial score (nSPS) is 14.0. The molecule has 35 heavy (non-hydrogen) atoms. The maximum absolute atomic E-state index is 13.2. The molecule has 10 nitrogen and oxygen atoms in total. The van der Waals surface area contributed by atoms with Gasteiger partial charge in [-0.3, -0.25) is 14.4 Å². The van der Waals surface area contributed by atoms with Crippen LogP contribution in [0.3, 0.4) is 0 Å². The molecule has 3 atom stereocenters. The van der Waals surface area contributed by atoms with Crippen molar-refractivity contribution >= 4 is 23.7 Å². The van der Waals surface area contributed by atoms with E-state index in [4.69, 9.17) is 11.5 Å². The summed E-state index contributed by atoms with van der Waals surface area (Å²) >= 11 is 0. The number of carbonyl (C=O) groups excluding carboxylic acids is 3. The highest BCUT2D eigenvalue weighted by molar-refractivity contribution is 5.94. The van der Waals surface area contributed by atoms with Crippen LogP contribution in [-0.4, -0.2) is 59.0 Å². The summed E-state index contributed by atoms with van der Waals surface area (Å²) in [6, 6.07) is 6.02. The van der Waals surface area contributed by atoms with Crippen molar-refractivity contribution < 1.29 is 24.3 Å². The van der Waals surface area contributed by atoms with Crippen molar-refractivity contribution in [3.63, 3.8) is 0 Å². The molecule has 196 valence electrons. The fraction of sp³-hybridized carbons (Fsp3) is 0.600. The number of rotatable bonds is 15. The van der Waals surface area contributed by atoms with Crippen molar-refractivity contribution in [1.82, 2.24) is 16.0 Å². The minimum atomic E-state index is -1.19. The van der Waals surface area contributed by atoms with Gasteiger partial charge in [-0.2, -0.15) is 0 Å². The third-order valence-electron chi connectivity index (χ3n) is 5.39. The number of nitrogens with two attached hydrogens (primary N) is 2. The number of carbonyl (C=O) groups is 4. The second kappa shape index (κ2) is 14.4. The lowest BCUT2D eigenvalue weighted by molar-refractivity contribution is -0.142. The number of nitrogens with one attached hydrogen (secondary N) is 3. The smallest absolute Gasteiger partial charge is 0.326 e. The monoisotopic (exact) mass is 491 g/mol. The molecule has 0 radical (unpaired) electrons. The third kappa shape index (κ3) is 11.3. The standard InChI is InChI=1S/C25H41N5O5/c1-16(2)14-19(30-24(35)25(3,4)27)21(31)29-20(15-17-10-6-5-7-11-17)22(32)28-18(23(33)34)12-8-9-13-26/h5-7,10-11,16,18-20H,8-9,12-15,26-27H2,1-4H3,(H,28,32)(H,29,31)(H,30,35)(H,33,34)/t18-,19-,20-/m0/s1. The minimum absolute atomic E-state index is 0.0762. The molecule has 1 aromatic rings. The maximum atomic E-state index is 13.2. The summed E-state index contributed by atoms with van der Waals surface area (Å²) in [6.07, 6.45) is 1.89. The molecule has 0 aliphatic rings. The number of amides is 3. The van der Waals surface area contributed by atoms with Gasteiger partial charge >= 0.3 is 5.97 Å². The summed E-state index contributed by atoms with van der Waals surface area (Å²) in [7, 11) is 0. The predicted molar refractivity (Wildman–Crippen MR) is 134 cm³/mol. The molecule has 0 saturated heterocycles. The Morgan fingerprint density at radius 3 is 2.00 bits per heavy atom. The van der Waals surface area contributed by atoms with E-state index in [1.807, 2.05) is 44.2 Å². The van der Waals surface area contributed by atoms with E-state index in [9.17, 15) is 24.3 Å². The van der Waals surface area contributed by atoms with E-state index in [1.54, 1.807) is 0 Å². The molecule has 8 N–H and O–H groups in total. The Balaban J connectivity index is 3.10. The topological polar surface area (TPSA) is 177 Å². The SMILES string of the molecule is CC(C)C[C@H](NC(=O)C(C)(C)N)C(=O)N[C@@H](Cc1ccccc1)C(=O)N[C@@H](CCCCN)C(=O)O. The molecule has 0 unspecified atom stereocenters. The van der Waals surface area contributed by atoms with E-state index in [0.29, 0.717) is 25.8 Å². The van der Waals surface area contributed by atoms with Gasteiger partial charge in [-0.25, -0.2) is 4.79 Å². The number of carboxylic acid groups (broad SMARTS) is 1. The van der Waals surface area contributed by atoms with Gasteiger partial charge in [0.1, 0.15) is 18.1 Å². The number of benzene rings is 1. The molecule has 0 saturated carbocycles. The summed E-state index contributed by atoms with van der Waals surface area (Å²) in [5, 5.41) is 17.5. The van der Waals surface area contributed by atoms with Crippen LogP contribution in [-0.2, 0) is 25.6 Å². The lowest BCUT2D eigenvalue weighted by atomic mass is 9.99. The van der Waals surface area contributed by atoms with Crippen LogP contribution >= 0.6 is 0 Å². The molecule has 0 spiro atoms. The van der Waals surface area contributed by atoms with Gasteiger partial charge in [-0.1, -0.05) is 44.2 Å². The second-order valence-electron chi connectivity index (χ2n) is 9.81. The first-order chi connectivity index (χ1) is 16.3. The summed E-state index contributed by atoms with van der Waals surface area (Å²) in [5.74, 6) is -2.73. The van der Waals surface area contributed by atoms with Crippen molar-refractivity contribution in [2.75, 3.05) is 6.54 Å². The zero-order chi connectivity index (χ0) is 26.6. The Morgan fingerprint density at radius 2 is 1.49 bits per heavy atom. The van der Waals surface area contributed by atoms with Crippen molar-refractivity contribution in [3.8, 4) is 0 Å². The van der Waals surface area contributed by atoms with E-state index in [1.165, 1.54) is 13.8 Å². The molecule has 10 heteroatoms. The Morgan fingerprint density at radius 1 is 0.914 bits per heavy atom. The fourth-order valence-electron chi connectivity index (χ4n) is 3.40. The highest BCUT2D eigenvalue weighted by Crippen LogP contribution is 2.10. The van der Waals surface area contributed by atoms with Crippen molar-refractivity contribution in [3.05, 3.63) is 35.9 Å². The van der Waals surface area contributed by atoms with E-state index in [-0.39, 0.29) is 18.8 Å². The number of carboxylic acids is 1. The maximum Gasteiger partial charge on any atom is 0.326 e. The van der Waals surface area contributed by atoms with Gasteiger partial charge in [-0.15, -0.1) is 0 Å². The molecule has 0 aliphatic carbocycles. The minimum Gasteiger partial charge on any atom is -0.480 e. The Bertz CT molecular complexity index is 838. The largest absolute Gasteiger partial charge is 0.480 e. The lowest BCUT2D eigenvalue weighted by Crippen LogP contribution is -2.59. The average molecular weight is 492 g/mol. The molecule has 0 aliphatic heterocycles. The highest BCUT2D eigenvalue weighted by atomic mass is 16.4. The first-order valence-corrected chi connectivity index (χ1v) is 12.0. The van der Waals surface area contributed by atoms with E-state index >= 15 is 0 Å². The van der Waals surface area contributed by atoms with Gasteiger partial charge in [-0.05, 0) is 57.6 Å². The van der Waals surface area contributed by atoms with Gasteiger partial charge in [0.2, 0.25) is 17.7 Å². The van der Waals surface area contributed by atoms with E-state index < -0.39 is 47.4 Å². The average Bonchev–Trinajstić information content (AvgIpc) is 2.77. The molecule has 1 aromatic carbocycles. The van der Waals surface area contributed by atoms with E-state index in [2.05, 4.69) is 16.0 Å². The Hall–Kier alpha value is -2.98. The molecule has 0 aromatic heterocycles. The van der Waals surface area contributed by atoms with Crippen molar-refractivity contribution in [1.29, 1.82) is 0 Å². The van der Waals surface area contributed by atoms with Crippen LogP contribution in [0, 0.1) is 5.92 Å². The van der Waals surface area contributed by atoms with Crippen LogP contribution in [0.4, 0.5) is 0 Å². The van der Waals surface area contributed by atoms with Crippen molar-refractivity contribution in [2.24, 2.45) is 17.4 Å². The van der Waals surface area contributed by atoms with Crippen LogP contribution < -0.4 is 27.4 Å². The molecular formula is C25H41N5O5. The molecule has 3 amide bonds. The molecule has 1 rings (SSSR count). The van der Waals surface area contributed by atoms with Gasteiger partial charge in [0, 0.05) is 6.42 Å². The van der Waals surface area contributed by atoms with Gasteiger partial charge in [0.15, 0.2) is 0 Å². The number of unbranched alkanes of at least 4 members (excludes halogenated alkanes) is 1. The lowest BCUT2D eigenvalue weighted by Gasteiger charge is -2.27. The number of hydrogen-bond acceptors (Lipinski definition) is 6. The van der Waals surface area contributed by atoms with E-state index in [0.717, 1.165) is 5.56 Å². The van der Waals surface area contributed by atoms with Crippen molar-refractivity contribution in [2.45, 2.75) is 83.5 Å². The van der Waals surface area contributed by atoms with Crippen LogP contribution in [0.2, 0.25) is 0 Å². The summed E-state index contributed by atoms with van der Waals surface area (Å²) in [5.41, 5.74) is 11.0. The number of hydrogen-bond donors (Lipinski definition) is 6. The fourth-order valence-corrected chi connectivity index (χ4v) is 3.40. The summed E-state index contributed by atoms with van der Waals surface area (Å²) in [6.45, 7) is 7.32. The first kappa shape index (κ1) is 30.1. The molecular weight excluding hydrogens is 450 g/mol. The second-order valence-corrected chi connectivity index (χ2v) is 9.81. The van der Waals surface area contributed by atoms with Crippen LogP contribution in [0.5, 0.6) is 0 Å². The zero-order valence-electron chi connectivity index (χ0n) is 21.2. The van der Waals surface area contributed by atoms with Crippen LogP contribution in [0.25, 0.3) is 0 Å². The third-order valence-corrected chi connectivity index (χ3v) is 5.39. The summed E-state index contributed by atoms with van der Waals surface area (Å²) < 4.78 is 0. The summed E-state index contributed by atoms with van der Waals surface area (Å²) in [4.78, 5) is 50.5. The quantitative estimate of drug-likeness (QED) is 0.195. The van der Waals surface area contributed by atoms with Gasteiger partial charge in [0.05, 0.1) is 5.54 Å². The first-order valence-electron chi connectivity index (χ1n) is 12.0. The van der Waals surface area contributed by atoms with Gasteiger partial charge in [0.25, 0.3) is 0 Å². The van der Waals surface area contributed by atoms with Gasteiger partial charge < -0.3 is 32.5 Å².